The van der Waals surface area contributed by atoms with Crippen LogP contribution >= 0.6 is 11.8 Å². The summed E-state index contributed by atoms with van der Waals surface area (Å²) in [5.41, 5.74) is 5.84. The van der Waals surface area contributed by atoms with E-state index in [9.17, 15) is 8.42 Å². The van der Waals surface area contributed by atoms with Crippen molar-refractivity contribution in [2.24, 2.45) is 5.73 Å². The first-order chi connectivity index (χ1) is 7.97. The van der Waals surface area contributed by atoms with Gasteiger partial charge in [0, 0.05) is 11.3 Å². The molecule has 94 valence electrons. The normalized spacial score (nSPS) is 11.4. The molecular weight excluding hydrogens is 256 g/mol. The molecule has 4 nitrogen and oxygen atoms in total. The van der Waals surface area contributed by atoms with Gasteiger partial charge in [0.25, 0.3) is 0 Å². The van der Waals surface area contributed by atoms with Crippen LogP contribution in [0.1, 0.15) is 12.5 Å². The van der Waals surface area contributed by atoms with Gasteiger partial charge < -0.3 is 5.73 Å². The number of thioether (sulfide) groups is 1. The number of nitrogens with two attached hydrogens (primary N) is 1. The molecule has 0 aliphatic rings. The van der Waals surface area contributed by atoms with Crippen LogP contribution in [0.4, 0.5) is 0 Å². The zero-order chi connectivity index (χ0) is 12.9. The van der Waals surface area contributed by atoms with E-state index in [2.05, 4.69) is 0 Å². The van der Waals surface area contributed by atoms with E-state index >= 15 is 0 Å². The number of benzene rings is 1. The maximum Gasteiger partial charge on any atom is 0.179 e. The van der Waals surface area contributed by atoms with Gasteiger partial charge in [-0.05, 0) is 17.9 Å². The number of hydrogen-bond acceptors (Lipinski definition) is 4. The lowest BCUT2D eigenvalue weighted by atomic mass is 10.2. The number of hydrogen-bond donors (Lipinski definition) is 2. The Balaban J connectivity index is 2.81. The van der Waals surface area contributed by atoms with Crippen LogP contribution in [0.5, 0.6) is 0 Å². The quantitative estimate of drug-likeness (QED) is 0.467. The van der Waals surface area contributed by atoms with Crippen LogP contribution in [0, 0.1) is 5.41 Å². The van der Waals surface area contributed by atoms with Crippen LogP contribution in [0.25, 0.3) is 0 Å². The van der Waals surface area contributed by atoms with Crippen LogP contribution in [-0.2, 0) is 9.84 Å². The first-order valence-electron chi connectivity index (χ1n) is 5.22. The predicted octanol–water partition coefficient (Wildman–Crippen LogP) is 1.50. The van der Waals surface area contributed by atoms with Crippen LogP contribution in [0.2, 0.25) is 0 Å². The summed E-state index contributed by atoms with van der Waals surface area (Å²) in [4.78, 5) is 0.291. The Morgan fingerprint density at radius 3 is 2.41 bits per heavy atom. The first-order valence-corrected chi connectivity index (χ1v) is 8.03. The lowest BCUT2D eigenvalue weighted by Crippen LogP contribution is -2.12. The minimum absolute atomic E-state index is 0.0597. The lowest BCUT2D eigenvalue weighted by molar-refractivity contribution is 0.597. The van der Waals surface area contributed by atoms with E-state index in [-0.39, 0.29) is 11.6 Å². The molecule has 3 N–H and O–H groups in total. The van der Waals surface area contributed by atoms with Crippen LogP contribution in [0.3, 0.4) is 0 Å². The number of sulfone groups is 1. The van der Waals surface area contributed by atoms with Gasteiger partial charge >= 0.3 is 0 Å². The lowest BCUT2D eigenvalue weighted by Gasteiger charge is -2.05. The summed E-state index contributed by atoms with van der Waals surface area (Å²) < 4.78 is 23.8. The fourth-order valence-electron chi connectivity index (χ4n) is 1.27. The summed E-state index contributed by atoms with van der Waals surface area (Å²) in [6, 6.07) is 6.12. The molecule has 0 amide bonds. The molecule has 0 unspecified atom stereocenters. The molecule has 0 aliphatic carbocycles. The molecule has 0 saturated heterocycles. The van der Waals surface area contributed by atoms with E-state index in [1.165, 1.54) is 12.1 Å². The van der Waals surface area contributed by atoms with Crippen molar-refractivity contribution < 1.29 is 8.42 Å². The maximum absolute atomic E-state index is 11.9. The molecule has 0 saturated carbocycles. The molecule has 0 aromatic heterocycles. The zero-order valence-corrected chi connectivity index (χ0v) is 11.3. The highest BCUT2D eigenvalue weighted by Crippen LogP contribution is 2.14. The Bertz CT molecular complexity index is 481. The van der Waals surface area contributed by atoms with Crippen molar-refractivity contribution in [3.05, 3.63) is 29.8 Å². The molecule has 1 rings (SSSR count). The Morgan fingerprint density at radius 2 is 1.94 bits per heavy atom. The summed E-state index contributed by atoms with van der Waals surface area (Å²) in [5.74, 6) is 1.60. The summed E-state index contributed by atoms with van der Waals surface area (Å²) in [6.07, 6.45) is 0. The average Bonchev–Trinajstić information content (AvgIpc) is 2.29. The molecule has 0 atom stereocenters. The highest BCUT2D eigenvalue weighted by atomic mass is 32.2. The van der Waals surface area contributed by atoms with Crippen molar-refractivity contribution in [3.8, 4) is 0 Å². The summed E-state index contributed by atoms with van der Waals surface area (Å²) in [7, 11) is -3.21. The molecule has 0 aliphatic heterocycles. The van der Waals surface area contributed by atoms with Gasteiger partial charge in [-0.1, -0.05) is 19.1 Å². The molecule has 1 aromatic carbocycles. The van der Waals surface area contributed by atoms with Crippen LogP contribution < -0.4 is 5.73 Å². The van der Waals surface area contributed by atoms with Crippen molar-refractivity contribution in [1.82, 2.24) is 0 Å². The SMILES string of the molecule is CCSCCS(=O)(=O)c1ccc(C(=N)N)cc1. The third-order valence-corrected chi connectivity index (χ3v) is 5.12. The molecule has 0 bridgehead atoms. The second-order valence-corrected chi connectivity index (χ2v) is 6.96. The molecular formula is C11H16N2O2S2. The highest BCUT2D eigenvalue weighted by molar-refractivity contribution is 8.00. The van der Waals surface area contributed by atoms with Gasteiger partial charge in [-0.25, -0.2) is 8.42 Å². The Labute approximate surface area is 106 Å². The largest absolute Gasteiger partial charge is 0.384 e. The van der Waals surface area contributed by atoms with Gasteiger partial charge in [0.05, 0.1) is 10.6 Å². The third-order valence-electron chi connectivity index (χ3n) is 2.22. The predicted molar refractivity (Wildman–Crippen MR) is 72.5 cm³/mol. The van der Waals surface area contributed by atoms with Crippen LogP contribution in [-0.4, -0.2) is 31.5 Å². The number of rotatable bonds is 6. The highest BCUT2D eigenvalue weighted by Gasteiger charge is 2.13. The van der Waals surface area contributed by atoms with Crippen molar-refractivity contribution in [3.63, 3.8) is 0 Å². The Hall–Kier alpha value is -1.01. The van der Waals surface area contributed by atoms with Crippen LogP contribution in [0.15, 0.2) is 29.2 Å². The van der Waals surface area contributed by atoms with Gasteiger partial charge in [0.1, 0.15) is 5.84 Å². The van der Waals surface area contributed by atoms with E-state index < -0.39 is 9.84 Å². The Kier molecular flexibility index (Phi) is 5.02. The van der Waals surface area contributed by atoms with Crippen molar-refractivity contribution >= 4 is 27.4 Å². The maximum atomic E-state index is 11.9. The standard InChI is InChI=1S/C11H16N2O2S2/c1-2-16-7-8-17(14,15)10-5-3-9(4-6-10)11(12)13/h3-6H,2,7-8H2,1H3,(H3,12,13). The Morgan fingerprint density at radius 1 is 1.35 bits per heavy atom. The van der Waals surface area contributed by atoms with Gasteiger partial charge in [-0.2, -0.15) is 11.8 Å². The topological polar surface area (TPSA) is 84.0 Å². The summed E-state index contributed by atoms with van der Waals surface area (Å²) in [5, 5.41) is 7.22. The monoisotopic (exact) mass is 272 g/mol. The minimum atomic E-state index is -3.21. The molecule has 6 heteroatoms. The molecule has 0 fully saturated rings. The van der Waals surface area contributed by atoms with Crippen molar-refractivity contribution in [2.75, 3.05) is 17.3 Å². The van der Waals surface area contributed by atoms with E-state index in [0.717, 1.165) is 5.75 Å². The molecule has 1 aromatic rings. The summed E-state index contributed by atoms with van der Waals surface area (Å²) in [6.45, 7) is 2.00. The number of amidine groups is 1. The molecule has 0 heterocycles. The van der Waals surface area contributed by atoms with E-state index in [4.69, 9.17) is 11.1 Å². The molecule has 17 heavy (non-hydrogen) atoms. The van der Waals surface area contributed by atoms with Gasteiger partial charge in [-0.3, -0.25) is 5.41 Å². The van der Waals surface area contributed by atoms with Gasteiger partial charge in [0.2, 0.25) is 0 Å². The second-order valence-electron chi connectivity index (χ2n) is 3.45. The molecule has 0 radical (unpaired) electrons. The minimum Gasteiger partial charge on any atom is -0.384 e. The van der Waals surface area contributed by atoms with E-state index in [0.29, 0.717) is 16.2 Å². The smallest absolute Gasteiger partial charge is 0.179 e. The van der Waals surface area contributed by atoms with Crippen molar-refractivity contribution in [1.29, 1.82) is 5.41 Å². The fourth-order valence-corrected chi connectivity index (χ4v) is 3.70. The molecule has 0 spiro atoms. The van der Waals surface area contributed by atoms with Crippen molar-refractivity contribution in [2.45, 2.75) is 11.8 Å². The van der Waals surface area contributed by atoms with E-state index in [1.807, 2.05) is 6.92 Å². The van der Waals surface area contributed by atoms with E-state index in [1.54, 1.807) is 23.9 Å². The zero-order valence-electron chi connectivity index (χ0n) is 9.64. The number of nitrogen functional groups attached to an aromatic ring is 1. The number of nitrogens with one attached hydrogen (secondary N) is 1. The third kappa shape index (κ3) is 4.05. The fraction of sp³-hybridized carbons (Fsp3) is 0.364. The van der Waals surface area contributed by atoms with Gasteiger partial charge in [-0.15, -0.1) is 0 Å². The first kappa shape index (κ1) is 14.1. The van der Waals surface area contributed by atoms with Gasteiger partial charge in [0.15, 0.2) is 9.84 Å². The second kappa shape index (κ2) is 6.07. The summed E-state index contributed by atoms with van der Waals surface area (Å²) >= 11 is 1.60. The average molecular weight is 272 g/mol.